The Bertz CT molecular complexity index is 972. The van der Waals surface area contributed by atoms with Crippen molar-refractivity contribution in [1.29, 1.82) is 0 Å². The van der Waals surface area contributed by atoms with Gasteiger partial charge in [-0.25, -0.2) is 4.79 Å². The number of hydrogen-bond donors (Lipinski definition) is 4. The van der Waals surface area contributed by atoms with Crippen LogP contribution in [0, 0.1) is 0 Å². The highest BCUT2D eigenvalue weighted by atomic mass is 16.5. The molecule has 2 unspecified atom stereocenters. The van der Waals surface area contributed by atoms with E-state index in [9.17, 15) is 14.7 Å². The second kappa shape index (κ2) is 8.56. The molecule has 4 rings (SSSR count). The van der Waals surface area contributed by atoms with Gasteiger partial charge in [0, 0.05) is 35.8 Å². The number of carbonyl (C=O) groups is 2. The molecule has 164 valence electrons. The fraction of sp³-hybridized carbons (Fsp3) is 0.391. The van der Waals surface area contributed by atoms with Gasteiger partial charge in [-0.1, -0.05) is 19.1 Å². The molecule has 0 aromatic heterocycles. The van der Waals surface area contributed by atoms with E-state index in [1.165, 1.54) is 5.56 Å². The molecular formula is C23H28N4O4. The molecule has 8 nitrogen and oxygen atoms in total. The van der Waals surface area contributed by atoms with Gasteiger partial charge in [0.25, 0.3) is 5.91 Å². The third-order valence-corrected chi connectivity index (χ3v) is 6.20. The summed E-state index contributed by atoms with van der Waals surface area (Å²) in [6, 6.07) is 12.8. The molecule has 2 aromatic rings. The van der Waals surface area contributed by atoms with Gasteiger partial charge in [-0.05, 0) is 48.7 Å². The minimum atomic E-state index is -1.18. The molecule has 1 saturated heterocycles. The van der Waals surface area contributed by atoms with E-state index in [0.29, 0.717) is 49.2 Å². The molecule has 1 aliphatic carbocycles. The zero-order chi connectivity index (χ0) is 22.0. The average Bonchev–Trinajstić information content (AvgIpc) is 3.46. The van der Waals surface area contributed by atoms with Crippen LogP contribution in [0.1, 0.15) is 41.6 Å². The van der Waals surface area contributed by atoms with Crippen molar-refractivity contribution in [3.05, 3.63) is 53.6 Å². The summed E-state index contributed by atoms with van der Waals surface area (Å²) in [4.78, 5) is 26.1. The predicted molar refractivity (Wildman–Crippen MR) is 120 cm³/mol. The van der Waals surface area contributed by atoms with Crippen molar-refractivity contribution in [2.75, 3.05) is 41.8 Å². The van der Waals surface area contributed by atoms with E-state index in [1.807, 2.05) is 29.2 Å². The second-order valence-corrected chi connectivity index (χ2v) is 8.18. The molecule has 2 amide bonds. The Hall–Kier alpha value is -3.10. The number of carbonyl (C=O) groups excluding carboxylic acids is 1. The largest absolute Gasteiger partial charge is 0.465 e. The summed E-state index contributed by atoms with van der Waals surface area (Å²) in [7, 11) is 0. The van der Waals surface area contributed by atoms with Crippen molar-refractivity contribution in [3.63, 3.8) is 0 Å². The van der Waals surface area contributed by atoms with Gasteiger partial charge in [0.15, 0.2) is 0 Å². The molecule has 5 N–H and O–H groups in total. The van der Waals surface area contributed by atoms with Gasteiger partial charge >= 0.3 is 6.09 Å². The summed E-state index contributed by atoms with van der Waals surface area (Å²) in [6.07, 6.45) is 0.763. The fourth-order valence-corrected chi connectivity index (χ4v) is 4.14. The van der Waals surface area contributed by atoms with Gasteiger partial charge in [0.1, 0.15) is 0 Å². The van der Waals surface area contributed by atoms with Gasteiger partial charge in [0.2, 0.25) is 0 Å². The number of nitrogens with one attached hydrogen (secondary N) is 2. The number of nitrogens with zero attached hydrogens (tertiary/aromatic N) is 1. The van der Waals surface area contributed by atoms with E-state index in [4.69, 9.17) is 10.5 Å². The van der Waals surface area contributed by atoms with E-state index >= 15 is 0 Å². The SMILES string of the molecule is CCC1(N)CC1c1ccc(NC(=O)c2ccc(N3CCOCC3)c(NC(=O)O)c2)cc1. The van der Waals surface area contributed by atoms with Crippen LogP contribution in [-0.2, 0) is 4.74 Å². The maximum absolute atomic E-state index is 12.8. The Morgan fingerprint density at radius 3 is 2.48 bits per heavy atom. The summed E-state index contributed by atoms with van der Waals surface area (Å²) >= 11 is 0. The minimum Gasteiger partial charge on any atom is -0.465 e. The molecule has 8 heteroatoms. The van der Waals surface area contributed by atoms with Crippen molar-refractivity contribution < 1.29 is 19.4 Å². The minimum absolute atomic E-state index is 0.0967. The number of hydrogen-bond acceptors (Lipinski definition) is 5. The van der Waals surface area contributed by atoms with Crippen molar-refractivity contribution in [2.24, 2.45) is 5.73 Å². The monoisotopic (exact) mass is 424 g/mol. The zero-order valence-corrected chi connectivity index (χ0v) is 17.6. The summed E-state index contributed by atoms with van der Waals surface area (Å²) < 4.78 is 5.37. The lowest BCUT2D eigenvalue weighted by Gasteiger charge is -2.30. The van der Waals surface area contributed by atoms with E-state index in [2.05, 4.69) is 17.6 Å². The van der Waals surface area contributed by atoms with Crippen LogP contribution in [0.3, 0.4) is 0 Å². The topological polar surface area (TPSA) is 117 Å². The lowest BCUT2D eigenvalue weighted by atomic mass is 10.0. The Balaban J connectivity index is 1.48. The predicted octanol–water partition coefficient (Wildman–Crippen LogP) is 3.46. The van der Waals surface area contributed by atoms with Crippen molar-refractivity contribution in [2.45, 2.75) is 31.2 Å². The average molecular weight is 425 g/mol. The molecule has 1 heterocycles. The van der Waals surface area contributed by atoms with Crippen LogP contribution in [-0.4, -0.2) is 48.9 Å². The highest BCUT2D eigenvalue weighted by molar-refractivity contribution is 6.06. The first-order valence-electron chi connectivity index (χ1n) is 10.6. The van der Waals surface area contributed by atoms with Gasteiger partial charge in [-0.2, -0.15) is 0 Å². The molecular weight excluding hydrogens is 396 g/mol. The van der Waals surface area contributed by atoms with Crippen molar-refractivity contribution in [3.8, 4) is 0 Å². The summed E-state index contributed by atoms with van der Waals surface area (Å²) in [6.45, 7) is 4.58. The maximum atomic E-state index is 12.8. The summed E-state index contributed by atoms with van der Waals surface area (Å²) in [5.41, 5.74) is 9.56. The van der Waals surface area contributed by atoms with Gasteiger partial charge < -0.3 is 25.8 Å². The van der Waals surface area contributed by atoms with Crippen LogP contribution in [0.25, 0.3) is 0 Å². The molecule has 1 saturated carbocycles. The van der Waals surface area contributed by atoms with Crippen LogP contribution < -0.4 is 21.3 Å². The number of nitrogens with two attached hydrogens (primary N) is 1. The van der Waals surface area contributed by atoms with Gasteiger partial charge in [-0.15, -0.1) is 0 Å². The zero-order valence-electron chi connectivity index (χ0n) is 17.6. The van der Waals surface area contributed by atoms with E-state index in [1.54, 1.807) is 18.2 Å². The van der Waals surface area contributed by atoms with Crippen LogP contribution in [0.2, 0.25) is 0 Å². The summed E-state index contributed by atoms with van der Waals surface area (Å²) in [5.74, 6) is 0.0718. The standard InChI is InChI=1S/C23H28N4O4/c1-2-23(24)14-18(23)15-3-6-17(7-4-15)25-21(28)16-5-8-20(19(13-16)26-22(29)30)27-9-11-31-12-10-27/h3-8,13,18,26H,2,9-12,14,24H2,1H3,(H,25,28)(H,29,30). The highest BCUT2D eigenvalue weighted by Gasteiger charge is 2.49. The number of benzene rings is 2. The highest BCUT2D eigenvalue weighted by Crippen LogP contribution is 2.51. The number of amides is 2. The third kappa shape index (κ3) is 4.65. The van der Waals surface area contributed by atoms with Gasteiger partial charge in [-0.3, -0.25) is 10.1 Å². The van der Waals surface area contributed by atoms with E-state index < -0.39 is 6.09 Å². The first kappa shape index (κ1) is 21.1. The molecule has 0 bridgehead atoms. The molecule has 2 aromatic carbocycles. The van der Waals surface area contributed by atoms with Crippen LogP contribution in [0.4, 0.5) is 21.9 Å². The number of ether oxygens (including phenoxy) is 1. The van der Waals surface area contributed by atoms with Crippen LogP contribution in [0.5, 0.6) is 0 Å². The molecule has 2 fully saturated rings. The quantitative estimate of drug-likeness (QED) is 0.564. The molecule has 0 radical (unpaired) electrons. The first-order chi connectivity index (χ1) is 14.9. The van der Waals surface area contributed by atoms with Gasteiger partial charge in [0.05, 0.1) is 24.6 Å². The molecule has 31 heavy (non-hydrogen) atoms. The number of anilines is 3. The fourth-order valence-electron chi connectivity index (χ4n) is 4.14. The lowest BCUT2D eigenvalue weighted by molar-refractivity contribution is 0.102. The Morgan fingerprint density at radius 1 is 1.16 bits per heavy atom. The molecule has 0 spiro atoms. The van der Waals surface area contributed by atoms with Crippen LogP contribution >= 0.6 is 0 Å². The molecule has 1 aliphatic heterocycles. The molecule has 2 atom stereocenters. The summed E-state index contributed by atoms with van der Waals surface area (Å²) in [5, 5.41) is 14.5. The smallest absolute Gasteiger partial charge is 0.409 e. The van der Waals surface area contributed by atoms with E-state index in [-0.39, 0.29) is 11.4 Å². The molecule has 2 aliphatic rings. The van der Waals surface area contributed by atoms with Crippen LogP contribution in [0.15, 0.2) is 42.5 Å². The lowest BCUT2D eigenvalue weighted by Crippen LogP contribution is -2.36. The van der Waals surface area contributed by atoms with E-state index in [0.717, 1.165) is 18.5 Å². The van der Waals surface area contributed by atoms with Crippen molar-refractivity contribution in [1.82, 2.24) is 0 Å². The number of morpholine rings is 1. The van der Waals surface area contributed by atoms with Crippen molar-refractivity contribution >= 4 is 29.1 Å². The number of rotatable bonds is 6. The Labute approximate surface area is 181 Å². The first-order valence-corrected chi connectivity index (χ1v) is 10.6. The third-order valence-electron chi connectivity index (χ3n) is 6.20. The second-order valence-electron chi connectivity index (χ2n) is 8.18. The Morgan fingerprint density at radius 2 is 1.87 bits per heavy atom. The normalized spacial score (nSPS) is 22.6. The Kier molecular flexibility index (Phi) is 5.84. The maximum Gasteiger partial charge on any atom is 0.409 e. The number of carboxylic acid groups (broad SMARTS) is 1.